The van der Waals surface area contributed by atoms with E-state index < -0.39 is 0 Å². The van der Waals surface area contributed by atoms with Gasteiger partial charge in [0.15, 0.2) is 0 Å². The third kappa shape index (κ3) is 2.07. The zero-order chi connectivity index (χ0) is 8.10. The van der Waals surface area contributed by atoms with Gasteiger partial charge in [0.2, 0.25) is 0 Å². The van der Waals surface area contributed by atoms with Gasteiger partial charge in [-0.25, -0.2) is 0 Å². The van der Waals surface area contributed by atoms with Gasteiger partial charge in [0.1, 0.15) is 5.84 Å². The van der Waals surface area contributed by atoms with E-state index in [1.54, 1.807) is 0 Å². The van der Waals surface area contributed by atoms with Crippen LogP contribution in [0.2, 0.25) is 0 Å². The number of rotatable bonds is 2. The van der Waals surface area contributed by atoms with Crippen LogP contribution in [0.15, 0.2) is 17.1 Å². The fraction of sp³-hybridized carbons (Fsp3) is 0.667. The molecule has 2 heteroatoms. The lowest BCUT2D eigenvalue weighted by atomic mass is 10.2. The molecule has 0 aromatic heterocycles. The molecule has 0 radical (unpaired) electrons. The first kappa shape index (κ1) is 8.31. The zero-order valence-electron chi connectivity index (χ0n) is 7.38. The van der Waals surface area contributed by atoms with Crippen molar-refractivity contribution in [3.63, 3.8) is 0 Å². The summed E-state index contributed by atoms with van der Waals surface area (Å²) in [5.74, 6) is 1.25. The summed E-state index contributed by atoms with van der Waals surface area (Å²) in [6, 6.07) is 0. The van der Waals surface area contributed by atoms with Gasteiger partial charge in [0.05, 0.1) is 6.54 Å². The molecule has 11 heavy (non-hydrogen) atoms. The maximum Gasteiger partial charge on any atom is 0.103 e. The molecular weight excluding hydrogens is 136 g/mol. The monoisotopic (exact) mass is 152 g/mol. The van der Waals surface area contributed by atoms with E-state index in [4.69, 9.17) is 0 Å². The second-order valence-electron chi connectivity index (χ2n) is 2.60. The van der Waals surface area contributed by atoms with Crippen molar-refractivity contribution in [1.29, 1.82) is 0 Å². The normalized spacial score (nSPS) is 16.4. The van der Waals surface area contributed by atoms with E-state index in [-0.39, 0.29) is 0 Å². The quantitative estimate of drug-likeness (QED) is 0.550. The molecule has 0 spiro atoms. The van der Waals surface area contributed by atoms with E-state index in [1.165, 1.54) is 5.84 Å². The van der Waals surface area contributed by atoms with Crippen molar-refractivity contribution < 1.29 is 0 Å². The Balaban J connectivity index is 2.50. The van der Waals surface area contributed by atoms with Gasteiger partial charge in [-0.1, -0.05) is 12.2 Å². The molecule has 1 heterocycles. The third-order valence-corrected chi connectivity index (χ3v) is 1.97. The van der Waals surface area contributed by atoms with Crippen LogP contribution in [0.4, 0.5) is 0 Å². The Hall–Kier alpha value is -0.790. The maximum absolute atomic E-state index is 4.43. The molecule has 0 N–H and O–H groups in total. The average Bonchev–Trinajstić information content (AvgIpc) is 2.09. The molecule has 1 rings (SSSR count). The van der Waals surface area contributed by atoms with E-state index in [0.717, 1.165) is 26.1 Å². The van der Waals surface area contributed by atoms with Crippen LogP contribution in [0.25, 0.3) is 0 Å². The highest BCUT2D eigenvalue weighted by molar-refractivity contribution is 5.84. The molecule has 1 aliphatic heterocycles. The molecule has 0 saturated carbocycles. The number of aliphatic imine (C=N–C) groups is 1. The second kappa shape index (κ2) is 4.16. The topological polar surface area (TPSA) is 15.6 Å². The van der Waals surface area contributed by atoms with Crippen molar-refractivity contribution in [2.45, 2.75) is 20.3 Å². The van der Waals surface area contributed by atoms with Crippen LogP contribution >= 0.6 is 0 Å². The summed E-state index contributed by atoms with van der Waals surface area (Å²) >= 11 is 0. The van der Waals surface area contributed by atoms with Crippen molar-refractivity contribution in [3.05, 3.63) is 12.2 Å². The molecule has 0 fully saturated rings. The summed E-state index contributed by atoms with van der Waals surface area (Å²) in [7, 11) is 0. The number of amidine groups is 1. The predicted octanol–water partition coefficient (Wildman–Crippen LogP) is 1.69. The molecule has 0 amide bonds. The summed E-state index contributed by atoms with van der Waals surface area (Å²) in [4.78, 5) is 6.74. The number of dihydropyridines is 1. The van der Waals surface area contributed by atoms with Crippen molar-refractivity contribution in [1.82, 2.24) is 4.90 Å². The average molecular weight is 152 g/mol. The minimum Gasteiger partial charge on any atom is -0.361 e. The predicted molar refractivity (Wildman–Crippen MR) is 49.0 cm³/mol. The SMILES string of the molecule is CCN(CC)C1=NCC=CC1. The van der Waals surface area contributed by atoms with Crippen LogP contribution < -0.4 is 0 Å². The fourth-order valence-corrected chi connectivity index (χ4v) is 1.30. The first-order valence-corrected chi connectivity index (χ1v) is 4.31. The van der Waals surface area contributed by atoms with Crippen molar-refractivity contribution in [2.24, 2.45) is 4.99 Å². The first-order chi connectivity index (χ1) is 5.38. The molecular formula is C9H16N2. The van der Waals surface area contributed by atoms with Crippen LogP contribution in [0.3, 0.4) is 0 Å². The fourth-order valence-electron chi connectivity index (χ4n) is 1.30. The molecule has 62 valence electrons. The summed E-state index contributed by atoms with van der Waals surface area (Å²) in [5.41, 5.74) is 0. The lowest BCUT2D eigenvalue weighted by Crippen LogP contribution is -2.31. The van der Waals surface area contributed by atoms with Crippen molar-refractivity contribution >= 4 is 5.84 Å². The van der Waals surface area contributed by atoms with Gasteiger partial charge in [-0.15, -0.1) is 0 Å². The van der Waals surface area contributed by atoms with Crippen LogP contribution in [0.1, 0.15) is 20.3 Å². The van der Waals surface area contributed by atoms with Gasteiger partial charge in [-0.05, 0) is 13.8 Å². The summed E-state index contributed by atoms with van der Waals surface area (Å²) in [6.07, 6.45) is 5.33. The van der Waals surface area contributed by atoms with Crippen LogP contribution in [0, 0.1) is 0 Å². The van der Waals surface area contributed by atoms with Crippen LogP contribution in [-0.4, -0.2) is 30.4 Å². The molecule has 0 atom stereocenters. The standard InChI is InChI=1S/C9H16N2/c1-3-11(4-2)9-7-5-6-8-10-9/h5-6H,3-4,7-8H2,1-2H3. The highest BCUT2D eigenvalue weighted by Gasteiger charge is 2.06. The minimum absolute atomic E-state index is 0.867. The van der Waals surface area contributed by atoms with E-state index in [1.807, 2.05) is 0 Å². The number of hydrogen-bond acceptors (Lipinski definition) is 2. The first-order valence-electron chi connectivity index (χ1n) is 4.31. The van der Waals surface area contributed by atoms with Crippen molar-refractivity contribution in [2.75, 3.05) is 19.6 Å². The van der Waals surface area contributed by atoms with Crippen LogP contribution in [-0.2, 0) is 0 Å². The Morgan fingerprint density at radius 2 is 2.09 bits per heavy atom. The highest BCUT2D eigenvalue weighted by Crippen LogP contribution is 2.02. The molecule has 0 aromatic carbocycles. The van der Waals surface area contributed by atoms with E-state index in [0.29, 0.717) is 0 Å². The van der Waals surface area contributed by atoms with Crippen molar-refractivity contribution in [3.8, 4) is 0 Å². The largest absolute Gasteiger partial charge is 0.361 e. The molecule has 0 saturated heterocycles. The van der Waals surface area contributed by atoms with Gasteiger partial charge in [0, 0.05) is 19.5 Å². The van der Waals surface area contributed by atoms with E-state index >= 15 is 0 Å². The molecule has 0 aliphatic carbocycles. The molecule has 1 aliphatic rings. The summed E-state index contributed by atoms with van der Waals surface area (Å²) in [6.45, 7) is 7.35. The lowest BCUT2D eigenvalue weighted by Gasteiger charge is -2.23. The van der Waals surface area contributed by atoms with Gasteiger partial charge in [-0.2, -0.15) is 0 Å². The maximum atomic E-state index is 4.43. The lowest BCUT2D eigenvalue weighted by molar-refractivity contribution is 0.456. The molecule has 2 nitrogen and oxygen atoms in total. The Labute approximate surface area is 68.6 Å². The minimum atomic E-state index is 0.867. The van der Waals surface area contributed by atoms with E-state index in [9.17, 15) is 0 Å². The Bertz CT molecular complexity index is 166. The number of nitrogens with zero attached hydrogens (tertiary/aromatic N) is 2. The summed E-state index contributed by atoms with van der Waals surface area (Å²) in [5, 5.41) is 0. The Kier molecular flexibility index (Phi) is 3.14. The summed E-state index contributed by atoms with van der Waals surface area (Å²) < 4.78 is 0. The van der Waals surface area contributed by atoms with E-state index in [2.05, 4.69) is 35.9 Å². The van der Waals surface area contributed by atoms with Crippen LogP contribution in [0.5, 0.6) is 0 Å². The van der Waals surface area contributed by atoms with Gasteiger partial charge >= 0.3 is 0 Å². The number of hydrogen-bond donors (Lipinski definition) is 0. The zero-order valence-corrected chi connectivity index (χ0v) is 7.38. The second-order valence-corrected chi connectivity index (χ2v) is 2.60. The Morgan fingerprint density at radius 3 is 2.55 bits per heavy atom. The Morgan fingerprint density at radius 1 is 1.36 bits per heavy atom. The molecule has 0 bridgehead atoms. The third-order valence-electron chi connectivity index (χ3n) is 1.97. The van der Waals surface area contributed by atoms with Gasteiger partial charge in [-0.3, -0.25) is 4.99 Å². The molecule has 0 unspecified atom stereocenters. The molecule has 0 aromatic rings. The highest BCUT2D eigenvalue weighted by atomic mass is 15.2. The van der Waals surface area contributed by atoms with Gasteiger partial charge in [0.25, 0.3) is 0 Å². The van der Waals surface area contributed by atoms with Gasteiger partial charge < -0.3 is 4.90 Å². The smallest absolute Gasteiger partial charge is 0.103 e.